The Morgan fingerprint density at radius 3 is 2.84 bits per heavy atom. The summed E-state index contributed by atoms with van der Waals surface area (Å²) in [6.07, 6.45) is 9.49. The molecule has 1 unspecified atom stereocenters. The molecule has 0 bridgehead atoms. The van der Waals surface area contributed by atoms with Crippen molar-refractivity contribution in [1.29, 1.82) is 0 Å². The number of aliphatic hydroxyl groups excluding tert-OH is 1. The Morgan fingerprint density at radius 2 is 2.21 bits per heavy atom. The molecular formula is C15H25NO3. The first-order valence-electron chi connectivity index (χ1n) is 7.21. The lowest BCUT2D eigenvalue weighted by Crippen LogP contribution is -2.42. The van der Waals surface area contributed by atoms with Crippen LogP contribution in [0.15, 0.2) is 23.0 Å². The van der Waals surface area contributed by atoms with Crippen molar-refractivity contribution in [2.24, 2.45) is 0 Å². The number of hydrogen-bond acceptors (Lipinski definition) is 4. The van der Waals surface area contributed by atoms with Crippen LogP contribution in [0.25, 0.3) is 0 Å². The molecule has 1 aromatic rings. The van der Waals surface area contributed by atoms with Crippen LogP contribution in [0.3, 0.4) is 0 Å². The molecule has 1 aliphatic rings. The van der Waals surface area contributed by atoms with E-state index >= 15 is 0 Å². The Labute approximate surface area is 115 Å². The zero-order valence-corrected chi connectivity index (χ0v) is 11.8. The second-order valence-electron chi connectivity index (χ2n) is 5.46. The lowest BCUT2D eigenvalue weighted by Gasteiger charge is -2.35. The van der Waals surface area contributed by atoms with Crippen LogP contribution >= 0.6 is 0 Å². The number of rotatable bonds is 7. The van der Waals surface area contributed by atoms with Crippen molar-refractivity contribution in [3.05, 3.63) is 24.2 Å². The summed E-state index contributed by atoms with van der Waals surface area (Å²) in [5, 5.41) is 9.99. The van der Waals surface area contributed by atoms with Crippen molar-refractivity contribution < 1.29 is 14.3 Å². The van der Waals surface area contributed by atoms with E-state index in [2.05, 4.69) is 4.90 Å². The molecule has 4 heteroatoms. The fourth-order valence-corrected chi connectivity index (χ4v) is 2.92. The minimum absolute atomic E-state index is 0.397. The Balaban J connectivity index is 1.94. The van der Waals surface area contributed by atoms with Gasteiger partial charge >= 0.3 is 0 Å². The first-order chi connectivity index (χ1) is 9.29. The van der Waals surface area contributed by atoms with Crippen LogP contribution in [-0.2, 0) is 11.3 Å². The van der Waals surface area contributed by atoms with E-state index in [1.165, 1.54) is 37.7 Å². The molecule has 0 spiro atoms. The van der Waals surface area contributed by atoms with E-state index in [0.717, 1.165) is 6.54 Å². The van der Waals surface area contributed by atoms with Crippen molar-refractivity contribution >= 4 is 0 Å². The highest BCUT2D eigenvalue weighted by Crippen LogP contribution is 2.24. The molecule has 0 aromatic carbocycles. The molecule has 0 radical (unpaired) electrons. The smallest absolute Gasteiger partial charge is 0.0947 e. The molecule has 0 saturated heterocycles. The number of hydrogen-bond donors (Lipinski definition) is 1. The SMILES string of the molecule is COCC(O)CN(Cc1ccoc1)C1CCCCC1. The van der Waals surface area contributed by atoms with E-state index in [1.54, 1.807) is 19.6 Å². The van der Waals surface area contributed by atoms with Gasteiger partial charge in [-0.2, -0.15) is 0 Å². The summed E-state index contributed by atoms with van der Waals surface area (Å²) in [5.74, 6) is 0. The van der Waals surface area contributed by atoms with Crippen molar-refractivity contribution in [1.82, 2.24) is 4.90 Å². The van der Waals surface area contributed by atoms with E-state index in [4.69, 9.17) is 9.15 Å². The van der Waals surface area contributed by atoms with Crippen LogP contribution in [0.5, 0.6) is 0 Å². The monoisotopic (exact) mass is 267 g/mol. The van der Waals surface area contributed by atoms with Gasteiger partial charge in [0.2, 0.25) is 0 Å². The number of methoxy groups -OCH3 is 1. The van der Waals surface area contributed by atoms with Gasteiger partial charge < -0.3 is 14.3 Å². The molecule has 0 aliphatic heterocycles. The normalized spacial score (nSPS) is 18.9. The van der Waals surface area contributed by atoms with E-state index in [-0.39, 0.29) is 0 Å². The molecule has 2 rings (SSSR count). The van der Waals surface area contributed by atoms with E-state index in [0.29, 0.717) is 19.2 Å². The fraction of sp³-hybridized carbons (Fsp3) is 0.733. The van der Waals surface area contributed by atoms with Crippen molar-refractivity contribution in [2.45, 2.75) is 50.8 Å². The highest BCUT2D eigenvalue weighted by Gasteiger charge is 2.23. The van der Waals surface area contributed by atoms with Gasteiger partial charge in [-0.15, -0.1) is 0 Å². The molecule has 108 valence electrons. The van der Waals surface area contributed by atoms with Gasteiger partial charge in [-0.1, -0.05) is 19.3 Å². The van der Waals surface area contributed by atoms with Gasteiger partial charge in [-0.3, -0.25) is 4.90 Å². The van der Waals surface area contributed by atoms with Gasteiger partial charge in [0.25, 0.3) is 0 Å². The van der Waals surface area contributed by atoms with Crippen LogP contribution in [0.4, 0.5) is 0 Å². The molecular weight excluding hydrogens is 242 g/mol. The molecule has 1 aliphatic carbocycles. The molecule has 4 nitrogen and oxygen atoms in total. The second kappa shape index (κ2) is 7.68. The number of furan rings is 1. The molecule has 1 N–H and O–H groups in total. The zero-order chi connectivity index (χ0) is 13.5. The van der Waals surface area contributed by atoms with Crippen LogP contribution < -0.4 is 0 Å². The van der Waals surface area contributed by atoms with Gasteiger partial charge in [0.1, 0.15) is 0 Å². The third-order valence-corrected chi connectivity index (χ3v) is 3.86. The van der Waals surface area contributed by atoms with Crippen molar-refractivity contribution in [2.75, 3.05) is 20.3 Å². The second-order valence-corrected chi connectivity index (χ2v) is 5.46. The zero-order valence-electron chi connectivity index (χ0n) is 11.8. The first kappa shape index (κ1) is 14.6. The number of aliphatic hydroxyl groups is 1. The van der Waals surface area contributed by atoms with Gasteiger partial charge in [-0.25, -0.2) is 0 Å². The average molecular weight is 267 g/mol. The van der Waals surface area contributed by atoms with Gasteiger partial charge in [0, 0.05) is 31.8 Å². The first-order valence-corrected chi connectivity index (χ1v) is 7.21. The molecule has 1 atom stereocenters. The summed E-state index contributed by atoms with van der Waals surface area (Å²) >= 11 is 0. The molecule has 1 fully saturated rings. The lowest BCUT2D eigenvalue weighted by molar-refractivity contribution is 0.0181. The summed E-state index contributed by atoms with van der Waals surface area (Å²) in [7, 11) is 1.63. The average Bonchev–Trinajstić information content (AvgIpc) is 2.92. The fourth-order valence-electron chi connectivity index (χ4n) is 2.92. The summed E-state index contributed by atoms with van der Waals surface area (Å²) in [6, 6.07) is 2.58. The van der Waals surface area contributed by atoms with E-state index in [1.807, 2.05) is 6.07 Å². The van der Waals surface area contributed by atoms with Crippen LogP contribution in [0.2, 0.25) is 0 Å². The third kappa shape index (κ3) is 4.64. The third-order valence-electron chi connectivity index (χ3n) is 3.86. The molecule has 0 amide bonds. The standard InChI is InChI=1S/C15H25NO3/c1-18-12-15(17)10-16(9-13-7-8-19-11-13)14-5-3-2-4-6-14/h7-8,11,14-15,17H,2-6,9-10,12H2,1H3. The van der Waals surface area contributed by atoms with Crippen LogP contribution in [0, 0.1) is 0 Å². The predicted molar refractivity (Wildman–Crippen MR) is 73.9 cm³/mol. The highest BCUT2D eigenvalue weighted by atomic mass is 16.5. The maximum Gasteiger partial charge on any atom is 0.0947 e. The molecule has 19 heavy (non-hydrogen) atoms. The topological polar surface area (TPSA) is 45.8 Å². The number of ether oxygens (including phenoxy) is 1. The summed E-state index contributed by atoms with van der Waals surface area (Å²) in [5.41, 5.74) is 1.18. The van der Waals surface area contributed by atoms with Crippen molar-refractivity contribution in [3.8, 4) is 0 Å². The quantitative estimate of drug-likeness (QED) is 0.824. The van der Waals surface area contributed by atoms with Crippen LogP contribution in [0.1, 0.15) is 37.7 Å². The van der Waals surface area contributed by atoms with Crippen molar-refractivity contribution in [3.63, 3.8) is 0 Å². The largest absolute Gasteiger partial charge is 0.472 e. The maximum absolute atomic E-state index is 9.99. The number of nitrogens with zero attached hydrogens (tertiary/aromatic N) is 1. The highest BCUT2D eigenvalue weighted by molar-refractivity contribution is 5.05. The van der Waals surface area contributed by atoms with E-state index < -0.39 is 6.10 Å². The summed E-state index contributed by atoms with van der Waals surface area (Å²) in [4.78, 5) is 2.38. The minimum atomic E-state index is -0.418. The predicted octanol–water partition coefficient (Wildman–Crippen LogP) is 2.42. The van der Waals surface area contributed by atoms with Gasteiger partial charge in [-0.05, 0) is 18.9 Å². The Morgan fingerprint density at radius 1 is 1.42 bits per heavy atom. The van der Waals surface area contributed by atoms with Gasteiger partial charge in [0.15, 0.2) is 0 Å². The Hall–Kier alpha value is -0.840. The summed E-state index contributed by atoms with van der Waals surface area (Å²) in [6.45, 7) is 1.92. The van der Waals surface area contributed by atoms with E-state index in [9.17, 15) is 5.11 Å². The Bertz CT molecular complexity index is 333. The van der Waals surface area contributed by atoms with Crippen LogP contribution in [-0.4, -0.2) is 42.4 Å². The summed E-state index contributed by atoms with van der Waals surface area (Å²) < 4.78 is 10.2. The molecule has 1 saturated carbocycles. The molecule has 1 heterocycles. The van der Waals surface area contributed by atoms with Gasteiger partial charge in [0.05, 0.1) is 25.2 Å². The maximum atomic E-state index is 9.99. The molecule has 1 aromatic heterocycles. The Kier molecular flexibility index (Phi) is 5.89. The lowest BCUT2D eigenvalue weighted by atomic mass is 9.93. The minimum Gasteiger partial charge on any atom is -0.472 e.